The average Bonchev–Trinajstić information content (AvgIpc) is 3.53. The van der Waals surface area contributed by atoms with Crippen LogP contribution in [0.1, 0.15) is 6.92 Å². The van der Waals surface area contributed by atoms with E-state index in [1.54, 1.807) is 0 Å². The van der Waals surface area contributed by atoms with E-state index in [4.69, 9.17) is 15.0 Å². The molecule has 9 rings (SSSR count). The zero-order chi connectivity index (χ0) is 31.3. The van der Waals surface area contributed by atoms with Crippen molar-refractivity contribution in [3.8, 4) is 45.0 Å². The first-order valence-corrected chi connectivity index (χ1v) is 16.1. The minimum atomic E-state index is 0.865. The van der Waals surface area contributed by atoms with E-state index in [1.165, 1.54) is 0 Å². The van der Waals surface area contributed by atoms with E-state index in [0.29, 0.717) is 0 Å². The lowest BCUT2D eigenvalue weighted by molar-refractivity contribution is 0.796. The second-order valence-electron chi connectivity index (χ2n) is 11.9. The van der Waals surface area contributed by atoms with Crippen LogP contribution in [0.2, 0.25) is 0 Å². The van der Waals surface area contributed by atoms with Crippen molar-refractivity contribution in [3.63, 3.8) is 0 Å². The summed E-state index contributed by atoms with van der Waals surface area (Å²) in [7, 11) is 0. The Morgan fingerprint density at radius 3 is 1.96 bits per heavy atom. The van der Waals surface area contributed by atoms with Crippen molar-refractivity contribution in [1.29, 1.82) is 0 Å². The van der Waals surface area contributed by atoms with Crippen molar-refractivity contribution < 1.29 is 0 Å². The van der Waals surface area contributed by atoms with Crippen LogP contribution in [0.3, 0.4) is 0 Å². The zero-order valence-electron chi connectivity index (χ0n) is 25.9. The van der Waals surface area contributed by atoms with Gasteiger partial charge >= 0.3 is 0 Å². The van der Waals surface area contributed by atoms with Crippen LogP contribution in [0.5, 0.6) is 0 Å². The third-order valence-corrected chi connectivity index (χ3v) is 9.18. The number of hydrogen-bond acceptors (Lipinski definition) is 3. The molecule has 6 aromatic carbocycles. The molecule has 47 heavy (non-hydrogen) atoms. The molecular formula is C43H30N4. The summed E-state index contributed by atoms with van der Waals surface area (Å²) in [5.74, 6) is 0.997. The van der Waals surface area contributed by atoms with Gasteiger partial charge in [0.15, 0.2) is 0 Å². The molecule has 0 radical (unpaired) electrons. The van der Waals surface area contributed by atoms with Gasteiger partial charge in [0.05, 0.1) is 33.5 Å². The number of benzene rings is 6. The Morgan fingerprint density at radius 1 is 0.489 bits per heavy atom. The fourth-order valence-electron chi connectivity index (χ4n) is 6.86. The summed E-state index contributed by atoms with van der Waals surface area (Å²) in [4.78, 5) is 15.5. The van der Waals surface area contributed by atoms with Crippen LogP contribution in [0.15, 0.2) is 152 Å². The molecule has 0 aliphatic carbocycles. The fraction of sp³-hybridized carbons (Fsp3) is 0.0465. The number of imidazole rings is 1. The quantitative estimate of drug-likeness (QED) is 0.184. The molecule has 0 unspecified atom stereocenters. The van der Waals surface area contributed by atoms with Gasteiger partial charge in [-0.1, -0.05) is 121 Å². The Bertz CT molecular complexity index is 2590. The highest BCUT2D eigenvalue weighted by molar-refractivity contribution is 6.20. The summed E-state index contributed by atoms with van der Waals surface area (Å²) >= 11 is 0. The van der Waals surface area contributed by atoms with E-state index in [9.17, 15) is 0 Å². The molecule has 4 nitrogen and oxygen atoms in total. The molecule has 0 aliphatic heterocycles. The summed E-state index contributed by atoms with van der Waals surface area (Å²) < 4.78 is 2.28. The van der Waals surface area contributed by atoms with Gasteiger partial charge in [-0.2, -0.15) is 0 Å². The molecule has 4 heteroatoms. The van der Waals surface area contributed by atoms with Crippen molar-refractivity contribution in [2.45, 2.75) is 13.5 Å². The topological polar surface area (TPSA) is 43.6 Å². The Labute approximate surface area is 272 Å². The van der Waals surface area contributed by atoms with Gasteiger partial charge in [-0.3, -0.25) is 0 Å². The first-order valence-electron chi connectivity index (χ1n) is 16.1. The summed E-state index contributed by atoms with van der Waals surface area (Å²) in [5.41, 5.74) is 11.6. The Morgan fingerprint density at radius 2 is 1.17 bits per heavy atom. The first-order chi connectivity index (χ1) is 23.2. The van der Waals surface area contributed by atoms with Gasteiger partial charge in [-0.15, -0.1) is 0 Å². The zero-order valence-corrected chi connectivity index (χ0v) is 25.9. The van der Waals surface area contributed by atoms with Gasteiger partial charge in [0.1, 0.15) is 5.82 Å². The molecule has 3 heterocycles. The molecule has 0 N–H and O–H groups in total. The predicted molar refractivity (Wildman–Crippen MR) is 195 cm³/mol. The maximum absolute atomic E-state index is 5.30. The van der Waals surface area contributed by atoms with Crippen LogP contribution in [0, 0.1) is 0 Å². The summed E-state index contributed by atoms with van der Waals surface area (Å²) in [5, 5.41) is 4.43. The minimum Gasteiger partial charge on any atom is -0.324 e. The van der Waals surface area contributed by atoms with Crippen LogP contribution in [0.25, 0.3) is 88.6 Å². The first kappa shape index (κ1) is 27.2. The SMILES string of the molecule is CCn1c(-c2ccc(-c3ccc4nc(-c5ccccc5)c5c(ccc6ccc(-c7ccccc7)nc65)c4c3)cc2)nc2ccccc21. The van der Waals surface area contributed by atoms with Crippen molar-refractivity contribution >= 4 is 43.6 Å². The van der Waals surface area contributed by atoms with Crippen molar-refractivity contribution in [2.24, 2.45) is 0 Å². The second kappa shape index (κ2) is 11.0. The lowest BCUT2D eigenvalue weighted by atomic mass is 9.95. The minimum absolute atomic E-state index is 0.865. The molecule has 0 saturated heterocycles. The smallest absolute Gasteiger partial charge is 0.141 e. The highest BCUT2D eigenvalue weighted by Crippen LogP contribution is 2.39. The van der Waals surface area contributed by atoms with Gasteiger partial charge in [-0.25, -0.2) is 15.0 Å². The molecule has 0 bridgehead atoms. The predicted octanol–water partition coefficient (Wildman–Crippen LogP) is 11.0. The van der Waals surface area contributed by atoms with E-state index >= 15 is 0 Å². The number of hydrogen-bond donors (Lipinski definition) is 0. The third-order valence-electron chi connectivity index (χ3n) is 9.18. The Kier molecular flexibility index (Phi) is 6.39. The van der Waals surface area contributed by atoms with E-state index < -0.39 is 0 Å². The number of fused-ring (bicyclic) bond motifs is 6. The summed E-state index contributed by atoms with van der Waals surface area (Å²) in [6.45, 7) is 3.04. The average molecular weight is 603 g/mol. The lowest BCUT2D eigenvalue weighted by Crippen LogP contribution is -1.97. The van der Waals surface area contributed by atoms with Crippen molar-refractivity contribution in [2.75, 3.05) is 0 Å². The molecule has 0 fully saturated rings. The maximum atomic E-state index is 5.30. The van der Waals surface area contributed by atoms with Crippen LogP contribution < -0.4 is 0 Å². The molecule has 0 spiro atoms. The highest BCUT2D eigenvalue weighted by Gasteiger charge is 2.17. The molecule has 3 aromatic heterocycles. The highest BCUT2D eigenvalue weighted by atomic mass is 15.1. The number of nitrogens with zero attached hydrogens (tertiary/aromatic N) is 4. The third kappa shape index (κ3) is 4.57. The summed E-state index contributed by atoms with van der Waals surface area (Å²) in [6.07, 6.45) is 0. The van der Waals surface area contributed by atoms with Gasteiger partial charge in [0, 0.05) is 39.4 Å². The molecule has 0 amide bonds. The van der Waals surface area contributed by atoms with Crippen LogP contribution in [-0.4, -0.2) is 19.5 Å². The van der Waals surface area contributed by atoms with Gasteiger partial charge < -0.3 is 4.57 Å². The standard InChI is InChI=1S/C43H30N4/c1-2-47-39-16-10-9-15-38(39)46-43(47)32-19-17-28(18-20-32)33-23-26-37-35(27-33)34-24-21-31-22-25-36(29-11-5-3-6-12-29)44-42(31)40(34)41(45-37)30-13-7-4-8-14-30/h3-27H,2H2,1H3. The van der Waals surface area contributed by atoms with Crippen LogP contribution in [0.4, 0.5) is 0 Å². The molecule has 222 valence electrons. The normalized spacial score (nSPS) is 11.6. The monoisotopic (exact) mass is 602 g/mol. The maximum Gasteiger partial charge on any atom is 0.141 e. The second-order valence-corrected chi connectivity index (χ2v) is 11.9. The van der Waals surface area contributed by atoms with Gasteiger partial charge in [0.2, 0.25) is 0 Å². The van der Waals surface area contributed by atoms with Crippen LogP contribution in [-0.2, 0) is 6.54 Å². The molecule has 0 aliphatic rings. The van der Waals surface area contributed by atoms with Gasteiger partial charge in [0.25, 0.3) is 0 Å². The van der Waals surface area contributed by atoms with Crippen molar-refractivity contribution in [1.82, 2.24) is 19.5 Å². The van der Waals surface area contributed by atoms with Crippen LogP contribution >= 0.6 is 0 Å². The number of aromatic nitrogens is 4. The Balaban J connectivity index is 1.22. The number of para-hydroxylation sites is 2. The van der Waals surface area contributed by atoms with Crippen molar-refractivity contribution in [3.05, 3.63) is 152 Å². The van der Waals surface area contributed by atoms with E-state index in [1.807, 2.05) is 18.2 Å². The fourth-order valence-corrected chi connectivity index (χ4v) is 6.86. The molecule has 0 atom stereocenters. The van der Waals surface area contributed by atoms with E-state index in [-0.39, 0.29) is 0 Å². The van der Waals surface area contributed by atoms with Gasteiger partial charge in [-0.05, 0) is 53.8 Å². The number of rotatable bonds is 5. The number of aryl methyl sites for hydroxylation is 1. The lowest BCUT2D eigenvalue weighted by Gasteiger charge is -2.14. The molecule has 0 saturated carbocycles. The largest absolute Gasteiger partial charge is 0.324 e. The number of pyridine rings is 2. The Hall–Kier alpha value is -6.13. The molecular weight excluding hydrogens is 573 g/mol. The van der Waals surface area contributed by atoms with E-state index in [0.717, 1.165) is 95.2 Å². The van der Waals surface area contributed by atoms with E-state index in [2.05, 4.69) is 145 Å². The summed E-state index contributed by atoms with van der Waals surface area (Å²) in [6, 6.07) is 53.3. The molecule has 9 aromatic rings.